The number of Topliss-reactive ketones (excluding diaryl/α,β-unsaturated/α-hetero) is 1. The first-order chi connectivity index (χ1) is 16.3. The molecule has 0 unspecified atom stereocenters. The van der Waals surface area contributed by atoms with Crippen LogP contribution < -0.4 is 0 Å². The van der Waals surface area contributed by atoms with E-state index < -0.39 is 35.2 Å². The first-order valence-corrected chi connectivity index (χ1v) is 10.6. The molecule has 0 radical (unpaired) electrons. The molecule has 0 amide bonds. The van der Waals surface area contributed by atoms with Gasteiger partial charge in [0.25, 0.3) is 0 Å². The summed E-state index contributed by atoms with van der Waals surface area (Å²) in [6, 6.07) is 5.90. The van der Waals surface area contributed by atoms with Crippen molar-refractivity contribution in [1.29, 1.82) is 0 Å². The molecular weight excluding hydrogens is 478 g/mol. The van der Waals surface area contributed by atoms with Crippen molar-refractivity contribution in [3.63, 3.8) is 0 Å². The maximum Gasteiger partial charge on any atom is 0.416 e. The molecule has 0 saturated heterocycles. The Morgan fingerprint density at radius 2 is 1.60 bits per heavy atom. The van der Waals surface area contributed by atoms with Crippen LogP contribution in [-0.2, 0) is 23.6 Å². The van der Waals surface area contributed by atoms with Gasteiger partial charge in [0.05, 0.1) is 23.4 Å². The van der Waals surface area contributed by atoms with E-state index in [0.29, 0.717) is 54.8 Å². The lowest BCUT2D eigenvalue weighted by Crippen LogP contribution is -2.14. The fourth-order valence-corrected chi connectivity index (χ4v) is 3.62. The van der Waals surface area contributed by atoms with Crippen LogP contribution in [0.5, 0.6) is 0 Å². The van der Waals surface area contributed by atoms with E-state index >= 15 is 0 Å². The number of fused-ring (bicyclic) bond motifs is 1. The minimum Gasteiger partial charge on any atom is -0.481 e. The number of hydrogen-bond donors (Lipinski definition) is 1. The van der Waals surface area contributed by atoms with Crippen LogP contribution in [0.3, 0.4) is 0 Å². The van der Waals surface area contributed by atoms with Gasteiger partial charge in [-0.25, -0.2) is 0 Å². The molecule has 3 rings (SSSR count). The van der Waals surface area contributed by atoms with E-state index in [1.165, 1.54) is 12.1 Å². The molecule has 0 aromatic heterocycles. The maximum absolute atomic E-state index is 13.1. The largest absolute Gasteiger partial charge is 0.481 e. The number of rotatable bonds is 7. The molecule has 11 heteroatoms. The Kier molecular flexibility index (Phi) is 7.76. The quantitative estimate of drug-likeness (QED) is 0.189. The van der Waals surface area contributed by atoms with Crippen LogP contribution in [0, 0.1) is 0 Å². The Morgan fingerprint density at radius 3 is 2.20 bits per heavy atom. The second kappa shape index (κ2) is 10.4. The molecule has 35 heavy (non-hydrogen) atoms. The molecule has 0 heterocycles. The normalized spacial score (nSPS) is 15.6. The number of nitrogens with zero attached hydrogens (tertiary/aromatic N) is 2. The van der Waals surface area contributed by atoms with Crippen LogP contribution in [-0.4, -0.2) is 23.4 Å². The summed E-state index contributed by atoms with van der Waals surface area (Å²) < 4.78 is 78.7. The molecule has 0 fully saturated rings. The second-order valence-electron chi connectivity index (χ2n) is 8.00. The molecule has 0 spiro atoms. The molecule has 1 aliphatic rings. The molecule has 0 aliphatic heterocycles. The van der Waals surface area contributed by atoms with E-state index in [9.17, 15) is 35.9 Å². The summed E-state index contributed by atoms with van der Waals surface area (Å²) in [6.07, 6.45) is -7.32. The monoisotopic (exact) mass is 498 g/mol. The zero-order chi connectivity index (χ0) is 25.8. The summed E-state index contributed by atoms with van der Waals surface area (Å²) in [6.45, 7) is 0.340. The van der Waals surface area contributed by atoms with Crippen molar-refractivity contribution in [3.8, 4) is 0 Å². The van der Waals surface area contributed by atoms with Crippen LogP contribution >= 0.6 is 0 Å². The third-order valence-electron chi connectivity index (χ3n) is 5.32. The number of carboxylic acid groups (broad SMARTS) is 1. The van der Waals surface area contributed by atoms with Crippen LogP contribution in [0.25, 0.3) is 6.08 Å². The van der Waals surface area contributed by atoms with Gasteiger partial charge in [0.1, 0.15) is 0 Å². The second-order valence-corrected chi connectivity index (χ2v) is 8.00. The molecule has 0 atom stereocenters. The topological polar surface area (TPSA) is 79.1 Å². The number of ketones is 1. The molecule has 2 aromatic rings. The van der Waals surface area contributed by atoms with Gasteiger partial charge in [-0.15, -0.1) is 0 Å². The first kappa shape index (κ1) is 26.1. The number of aliphatic carboxylic acids is 1. The number of carbonyl (C=O) groups is 2. The summed E-state index contributed by atoms with van der Waals surface area (Å²) in [4.78, 5) is 23.3. The summed E-state index contributed by atoms with van der Waals surface area (Å²) in [5.41, 5.74) is -1.71. The number of benzene rings is 2. The van der Waals surface area contributed by atoms with Gasteiger partial charge in [0.2, 0.25) is 0 Å². The Labute approximate surface area is 196 Å². The number of carbonyl (C=O) groups excluding carboxylic acids is 1. The average Bonchev–Trinajstić information content (AvgIpc) is 2.76. The Bertz CT molecular complexity index is 1150. The van der Waals surface area contributed by atoms with Crippen LogP contribution in [0.1, 0.15) is 58.3 Å². The fourth-order valence-electron chi connectivity index (χ4n) is 3.62. The standard InChI is InChI=1S/C24H20F6N2O3/c25-23(26,27)17-10-14(11-18(13-17)24(28,29)30)9-16-5-4-15-12-19(6-7-20(15)22(16)35)32-31-8-2-1-3-21(33)34/h6-7,9-13H,1-5,8H2,(H,33,34)/b16-9+,32-31?. The predicted octanol–water partition coefficient (Wildman–Crippen LogP) is 7.28. The number of hydrogen-bond acceptors (Lipinski definition) is 4. The number of allylic oxidation sites excluding steroid dienone is 1. The third-order valence-corrected chi connectivity index (χ3v) is 5.32. The van der Waals surface area contributed by atoms with Gasteiger partial charge in [0.15, 0.2) is 5.78 Å². The number of unbranched alkanes of at least 4 members (excludes halogenated alkanes) is 1. The summed E-state index contributed by atoms with van der Waals surface area (Å²) in [5, 5.41) is 16.6. The van der Waals surface area contributed by atoms with Crippen molar-refractivity contribution in [2.45, 2.75) is 44.5 Å². The Hall–Kier alpha value is -3.50. The van der Waals surface area contributed by atoms with E-state index in [4.69, 9.17) is 5.11 Å². The molecular formula is C24H20F6N2O3. The van der Waals surface area contributed by atoms with Crippen LogP contribution in [0.4, 0.5) is 32.0 Å². The van der Waals surface area contributed by atoms with E-state index in [-0.39, 0.29) is 30.0 Å². The lowest BCUT2D eigenvalue weighted by Gasteiger charge is -2.18. The van der Waals surface area contributed by atoms with Crippen molar-refractivity contribution in [2.24, 2.45) is 10.2 Å². The van der Waals surface area contributed by atoms with E-state index in [0.717, 1.165) is 6.08 Å². The molecule has 1 N–H and O–H groups in total. The summed E-state index contributed by atoms with van der Waals surface area (Å²) in [5.74, 6) is -1.36. The van der Waals surface area contributed by atoms with Crippen molar-refractivity contribution < 1.29 is 41.0 Å². The van der Waals surface area contributed by atoms with E-state index in [1.54, 1.807) is 6.07 Å². The molecule has 0 bridgehead atoms. The smallest absolute Gasteiger partial charge is 0.416 e. The van der Waals surface area contributed by atoms with Crippen LogP contribution in [0.15, 0.2) is 52.2 Å². The van der Waals surface area contributed by atoms with Crippen molar-refractivity contribution in [1.82, 2.24) is 0 Å². The molecule has 1 aliphatic carbocycles. The summed E-state index contributed by atoms with van der Waals surface area (Å²) in [7, 11) is 0. The highest BCUT2D eigenvalue weighted by Gasteiger charge is 2.37. The number of alkyl halides is 6. The van der Waals surface area contributed by atoms with Crippen molar-refractivity contribution >= 4 is 23.5 Å². The maximum atomic E-state index is 13.1. The van der Waals surface area contributed by atoms with E-state index in [1.807, 2.05) is 0 Å². The van der Waals surface area contributed by atoms with Gasteiger partial charge in [0, 0.05) is 17.6 Å². The molecule has 186 valence electrons. The Balaban J connectivity index is 1.80. The minimum absolute atomic E-state index is 0.0439. The van der Waals surface area contributed by atoms with Gasteiger partial charge in [-0.3, -0.25) is 9.59 Å². The molecule has 2 aromatic carbocycles. The highest BCUT2D eigenvalue weighted by atomic mass is 19.4. The van der Waals surface area contributed by atoms with Gasteiger partial charge < -0.3 is 5.11 Å². The number of halogens is 6. The molecule has 5 nitrogen and oxygen atoms in total. The Morgan fingerprint density at radius 1 is 0.943 bits per heavy atom. The number of azo groups is 1. The first-order valence-electron chi connectivity index (χ1n) is 10.6. The number of aryl methyl sites for hydroxylation is 1. The average molecular weight is 498 g/mol. The van der Waals surface area contributed by atoms with Gasteiger partial charge in [-0.05, 0) is 79.3 Å². The number of carboxylic acids is 1. The van der Waals surface area contributed by atoms with Crippen LogP contribution in [0.2, 0.25) is 0 Å². The van der Waals surface area contributed by atoms with Crippen molar-refractivity contribution in [3.05, 3.63) is 69.8 Å². The summed E-state index contributed by atoms with van der Waals surface area (Å²) >= 11 is 0. The SMILES string of the molecule is O=C(O)CCCCN=Nc1ccc2c(c1)CC/C(=C\c1cc(C(F)(F)F)cc(C(F)(F)F)c1)C2=O. The molecule has 0 saturated carbocycles. The van der Waals surface area contributed by atoms with E-state index in [2.05, 4.69) is 10.2 Å². The fraction of sp³-hybridized carbons (Fsp3) is 0.333. The van der Waals surface area contributed by atoms with Crippen molar-refractivity contribution in [2.75, 3.05) is 6.54 Å². The zero-order valence-corrected chi connectivity index (χ0v) is 18.2. The lowest BCUT2D eigenvalue weighted by molar-refractivity contribution is -0.143. The lowest BCUT2D eigenvalue weighted by atomic mass is 9.85. The van der Waals surface area contributed by atoms with Gasteiger partial charge >= 0.3 is 18.3 Å². The highest BCUT2D eigenvalue weighted by molar-refractivity contribution is 6.13. The minimum atomic E-state index is -4.97. The predicted molar refractivity (Wildman–Crippen MR) is 114 cm³/mol. The van der Waals surface area contributed by atoms with Gasteiger partial charge in [-0.1, -0.05) is 0 Å². The third kappa shape index (κ3) is 7.00. The highest BCUT2D eigenvalue weighted by Crippen LogP contribution is 2.37. The zero-order valence-electron chi connectivity index (χ0n) is 18.2. The van der Waals surface area contributed by atoms with Gasteiger partial charge in [-0.2, -0.15) is 36.6 Å².